The third-order valence-electron chi connectivity index (χ3n) is 7.74. The first-order valence-electron chi connectivity index (χ1n) is 14.4. The summed E-state index contributed by atoms with van der Waals surface area (Å²) >= 11 is 5.96. The SMILES string of the molecule is NCCCCNC(=O)[C@@H]1CN(C(=O)[C@@H](N)CCc2ccc(Cl)cc2)C[C@H]1C(=O)NCCc1ccc2ccccc2c1. The molecule has 0 spiro atoms. The van der Waals surface area contributed by atoms with Gasteiger partial charge in [-0.3, -0.25) is 14.4 Å². The Labute approximate surface area is 246 Å². The highest BCUT2D eigenvalue weighted by Crippen LogP contribution is 2.25. The Morgan fingerprint density at radius 3 is 2.15 bits per heavy atom. The van der Waals surface area contributed by atoms with E-state index in [9.17, 15) is 14.4 Å². The Bertz CT molecular complexity index is 1330. The number of carbonyl (C=O) groups excluding carboxylic acids is 3. The van der Waals surface area contributed by atoms with Crippen molar-refractivity contribution in [2.45, 2.75) is 38.1 Å². The first kappa shape index (κ1) is 30.5. The monoisotopic (exact) mass is 577 g/mol. The summed E-state index contributed by atoms with van der Waals surface area (Å²) in [5, 5.41) is 8.91. The molecule has 1 aliphatic heterocycles. The first-order chi connectivity index (χ1) is 19.9. The van der Waals surface area contributed by atoms with E-state index in [-0.39, 0.29) is 30.8 Å². The molecule has 0 aromatic heterocycles. The third kappa shape index (κ3) is 8.52. The number of amides is 3. The van der Waals surface area contributed by atoms with E-state index in [4.69, 9.17) is 23.1 Å². The van der Waals surface area contributed by atoms with E-state index in [0.717, 1.165) is 29.4 Å². The smallest absolute Gasteiger partial charge is 0.239 e. The number of hydrogen-bond acceptors (Lipinski definition) is 5. The lowest BCUT2D eigenvalue weighted by Gasteiger charge is -2.21. The van der Waals surface area contributed by atoms with Crippen LogP contribution in [0.5, 0.6) is 0 Å². The number of rotatable bonds is 13. The molecule has 218 valence electrons. The Morgan fingerprint density at radius 2 is 1.46 bits per heavy atom. The van der Waals surface area contributed by atoms with Gasteiger partial charge in [0, 0.05) is 31.2 Å². The average Bonchev–Trinajstić information content (AvgIpc) is 3.44. The molecule has 3 atom stereocenters. The number of nitrogens with two attached hydrogens (primary N) is 2. The van der Waals surface area contributed by atoms with Crippen molar-refractivity contribution in [3.63, 3.8) is 0 Å². The molecular weight excluding hydrogens is 538 g/mol. The Balaban J connectivity index is 1.36. The number of nitrogens with zero attached hydrogens (tertiary/aromatic N) is 1. The molecule has 1 aliphatic rings. The predicted octanol–water partition coefficient (Wildman–Crippen LogP) is 3.04. The zero-order chi connectivity index (χ0) is 29.2. The van der Waals surface area contributed by atoms with Crippen molar-refractivity contribution in [3.8, 4) is 0 Å². The fourth-order valence-corrected chi connectivity index (χ4v) is 5.44. The van der Waals surface area contributed by atoms with Gasteiger partial charge in [-0.25, -0.2) is 0 Å². The van der Waals surface area contributed by atoms with Crippen LogP contribution in [0, 0.1) is 11.8 Å². The van der Waals surface area contributed by atoms with Crippen LogP contribution in [-0.2, 0) is 27.2 Å². The molecule has 0 radical (unpaired) electrons. The maximum absolute atomic E-state index is 13.3. The highest BCUT2D eigenvalue weighted by molar-refractivity contribution is 6.30. The van der Waals surface area contributed by atoms with Crippen LogP contribution in [0.3, 0.4) is 0 Å². The standard InChI is InChI=1S/C32H40ClN5O3/c33-26-12-8-22(9-13-26)10-14-29(35)32(41)38-20-27(30(39)36-17-4-3-16-34)28(21-38)31(40)37-18-15-23-7-11-24-5-1-2-6-25(24)19-23/h1-2,5-9,11-13,19,27-29H,3-4,10,14-18,20-21,34-35H2,(H,36,39)(H,37,40)/t27-,28-,29+/m1/s1. The summed E-state index contributed by atoms with van der Waals surface area (Å²) in [6, 6.07) is 21.1. The van der Waals surface area contributed by atoms with Gasteiger partial charge in [-0.05, 0) is 72.7 Å². The van der Waals surface area contributed by atoms with E-state index in [1.165, 1.54) is 5.39 Å². The van der Waals surface area contributed by atoms with Gasteiger partial charge in [0.2, 0.25) is 17.7 Å². The van der Waals surface area contributed by atoms with Gasteiger partial charge in [0.05, 0.1) is 17.9 Å². The minimum absolute atomic E-state index is 0.163. The number of nitrogens with one attached hydrogen (secondary N) is 2. The molecule has 4 rings (SSSR count). The quantitative estimate of drug-likeness (QED) is 0.232. The van der Waals surface area contributed by atoms with Gasteiger partial charge in [0.1, 0.15) is 0 Å². The molecule has 8 nitrogen and oxygen atoms in total. The van der Waals surface area contributed by atoms with Gasteiger partial charge in [0.15, 0.2) is 0 Å². The van der Waals surface area contributed by atoms with Crippen molar-refractivity contribution in [2.24, 2.45) is 23.3 Å². The second-order valence-corrected chi connectivity index (χ2v) is 11.2. The van der Waals surface area contributed by atoms with Gasteiger partial charge in [-0.2, -0.15) is 0 Å². The van der Waals surface area contributed by atoms with E-state index < -0.39 is 17.9 Å². The van der Waals surface area contributed by atoms with Crippen LogP contribution < -0.4 is 22.1 Å². The number of unbranched alkanes of at least 4 members (excludes halogenated alkanes) is 1. The molecule has 0 saturated carbocycles. The first-order valence-corrected chi connectivity index (χ1v) is 14.8. The summed E-state index contributed by atoms with van der Waals surface area (Å²) in [4.78, 5) is 41.3. The maximum Gasteiger partial charge on any atom is 0.239 e. The van der Waals surface area contributed by atoms with E-state index in [1.54, 1.807) is 4.90 Å². The zero-order valence-electron chi connectivity index (χ0n) is 23.4. The van der Waals surface area contributed by atoms with Crippen LogP contribution in [0.1, 0.15) is 30.4 Å². The maximum atomic E-state index is 13.3. The number of hydrogen-bond donors (Lipinski definition) is 4. The van der Waals surface area contributed by atoms with Gasteiger partial charge in [-0.15, -0.1) is 0 Å². The fourth-order valence-electron chi connectivity index (χ4n) is 5.31. The lowest BCUT2D eigenvalue weighted by Crippen LogP contribution is -2.43. The predicted molar refractivity (Wildman–Crippen MR) is 163 cm³/mol. The lowest BCUT2D eigenvalue weighted by atomic mass is 9.94. The Kier molecular flexibility index (Phi) is 11.1. The highest BCUT2D eigenvalue weighted by Gasteiger charge is 2.44. The van der Waals surface area contributed by atoms with Crippen molar-refractivity contribution >= 4 is 40.1 Å². The summed E-state index contributed by atoms with van der Waals surface area (Å²) in [6.45, 7) is 1.80. The molecule has 9 heteroatoms. The Morgan fingerprint density at radius 1 is 0.829 bits per heavy atom. The van der Waals surface area contributed by atoms with Gasteiger partial charge < -0.3 is 27.0 Å². The molecule has 3 amide bonds. The molecule has 0 unspecified atom stereocenters. The molecular formula is C32H40ClN5O3. The number of carbonyl (C=O) groups is 3. The minimum atomic E-state index is -0.728. The van der Waals surface area contributed by atoms with Crippen molar-refractivity contribution in [1.29, 1.82) is 0 Å². The summed E-state index contributed by atoms with van der Waals surface area (Å²) < 4.78 is 0. The van der Waals surface area contributed by atoms with Crippen LogP contribution >= 0.6 is 11.6 Å². The molecule has 1 fully saturated rings. The summed E-state index contributed by atoms with van der Waals surface area (Å²) in [5.74, 6) is -1.97. The topological polar surface area (TPSA) is 131 Å². The van der Waals surface area contributed by atoms with Crippen LogP contribution in [-0.4, -0.2) is 61.4 Å². The molecule has 3 aromatic rings. The van der Waals surface area contributed by atoms with Gasteiger partial charge in [-0.1, -0.05) is 66.2 Å². The van der Waals surface area contributed by atoms with Gasteiger partial charge in [0.25, 0.3) is 0 Å². The molecule has 1 saturated heterocycles. The van der Waals surface area contributed by atoms with Crippen molar-refractivity contribution in [3.05, 3.63) is 82.9 Å². The number of aryl methyl sites for hydroxylation is 1. The lowest BCUT2D eigenvalue weighted by molar-refractivity contribution is -0.132. The molecule has 41 heavy (non-hydrogen) atoms. The van der Waals surface area contributed by atoms with E-state index in [2.05, 4.69) is 41.0 Å². The zero-order valence-corrected chi connectivity index (χ0v) is 24.1. The molecule has 1 heterocycles. The van der Waals surface area contributed by atoms with E-state index >= 15 is 0 Å². The van der Waals surface area contributed by atoms with Crippen molar-refractivity contribution in [1.82, 2.24) is 15.5 Å². The summed E-state index contributed by atoms with van der Waals surface area (Å²) in [5.41, 5.74) is 14.0. The molecule has 3 aromatic carbocycles. The van der Waals surface area contributed by atoms with Crippen LogP contribution in [0.15, 0.2) is 66.7 Å². The van der Waals surface area contributed by atoms with E-state index in [0.29, 0.717) is 43.9 Å². The molecule has 0 aliphatic carbocycles. The van der Waals surface area contributed by atoms with Crippen LogP contribution in [0.4, 0.5) is 0 Å². The van der Waals surface area contributed by atoms with E-state index in [1.807, 2.05) is 36.4 Å². The number of halogens is 1. The second-order valence-electron chi connectivity index (χ2n) is 10.7. The minimum Gasteiger partial charge on any atom is -0.356 e. The summed E-state index contributed by atoms with van der Waals surface area (Å²) in [6.07, 6.45) is 3.31. The molecule has 0 bridgehead atoms. The Hall–Kier alpha value is -3.46. The second kappa shape index (κ2) is 15.0. The van der Waals surface area contributed by atoms with Crippen LogP contribution in [0.2, 0.25) is 5.02 Å². The number of likely N-dealkylation sites (tertiary alicyclic amines) is 1. The van der Waals surface area contributed by atoms with Crippen molar-refractivity contribution in [2.75, 3.05) is 32.7 Å². The summed E-state index contributed by atoms with van der Waals surface area (Å²) in [7, 11) is 0. The van der Waals surface area contributed by atoms with Crippen molar-refractivity contribution < 1.29 is 14.4 Å². The highest BCUT2D eigenvalue weighted by atomic mass is 35.5. The van der Waals surface area contributed by atoms with Gasteiger partial charge >= 0.3 is 0 Å². The number of benzene rings is 3. The molecule has 6 N–H and O–H groups in total. The number of fused-ring (bicyclic) bond motifs is 1. The fraction of sp³-hybridized carbons (Fsp3) is 0.406. The third-order valence-corrected chi connectivity index (χ3v) is 7.99. The largest absolute Gasteiger partial charge is 0.356 e. The average molecular weight is 578 g/mol. The normalized spacial score (nSPS) is 17.4. The van der Waals surface area contributed by atoms with Crippen LogP contribution in [0.25, 0.3) is 10.8 Å².